The first-order chi connectivity index (χ1) is 22.3. The first kappa shape index (κ1) is 30.5. The maximum atomic E-state index is 14.0. The van der Waals surface area contributed by atoms with Crippen LogP contribution in [0.15, 0.2) is 42.7 Å². The van der Waals surface area contributed by atoms with Crippen molar-refractivity contribution in [3.8, 4) is 11.1 Å². The number of halogens is 3. The summed E-state index contributed by atoms with van der Waals surface area (Å²) in [4.78, 5) is 50.0. The van der Waals surface area contributed by atoms with E-state index in [1.165, 1.54) is 17.7 Å². The molecule has 2 bridgehead atoms. The lowest BCUT2D eigenvalue weighted by atomic mass is 9.97. The predicted molar refractivity (Wildman–Crippen MR) is 166 cm³/mol. The Labute approximate surface area is 266 Å². The number of amides is 2. The standard InChI is InChI=1S/C33H31F3N8O3/c1-16-5-8-25(33(34,35)36)38-31(16)39-32(47)30-20-6-7-23(11-20)44(30)27(46)15-43-29-17(2)9-21(12-24(29)28(41-43)19(4)45)22-13-37-26-10-18(3)40-42(26)14-22/h5,8-10,12-14,20,23,30H,6-7,11,15H2,1-4H3,(H,38,39,47)/t20-,23+,30+/m1/s1. The Balaban J connectivity index is 1.20. The third-order valence-electron chi connectivity index (χ3n) is 9.19. The van der Waals surface area contributed by atoms with Crippen molar-refractivity contribution in [3.63, 3.8) is 0 Å². The minimum Gasteiger partial charge on any atom is -0.326 e. The number of carbonyl (C=O) groups excluding carboxylic acids is 3. The summed E-state index contributed by atoms with van der Waals surface area (Å²) in [5.41, 5.74) is 4.01. The molecule has 5 aromatic rings. The van der Waals surface area contributed by atoms with E-state index >= 15 is 0 Å². The van der Waals surface area contributed by atoms with Crippen molar-refractivity contribution in [2.75, 3.05) is 5.32 Å². The van der Waals surface area contributed by atoms with Crippen LogP contribution in [0, 0.1) is 26.7 Å². The summed E-state index contributed by atoms with van der Waals surface area (Å²) < 4.78 is 43.2. The summed E-state index contributed by atoms with van der Waals surface area (Å²) in [7, 11) is 0. The second-order valence-corrected chi connectivity index (χ2v) is 12.5. The van der Waals surface area contributed by atoms with Crippen LogP contribution in [0.3, 0.4) is 0 Å². The van der Waals surface area contributed by atoms with Crippen molar-refractivity contribution in [2.24, 2.45) is 5.92 Å². The lowest BCUT2D eigenvalue weighted by Gasteiger charge is -2.34. The van der Waals surface area contributed by atoms with Crippen LogP contribution in [0.5, 0.6) is 0 Å². The molecular formula is C33H31F3N8O3. The molecule has 11 nitrogen and oxygen atoms in total. The fourth-order valence-electron chi connectivity index (χ4n) is 7.11. The molecule has 0 spiro atoms. The molecule has 242 valence electrons. The van der Waals surface area contributed by atoms with E-state index in [1.807, 2.05) is 38.2 Å². The molecule has 1 aliphatic carbocycles. The minimum absolute atomic E-state index is 0.133. The summed E-state index contributed by atoms with van der Waals surface area (Å²) in [5, 5.41) is 12.2. The van der Waals surface area contributed by atoms with Crippen LogP contribution in [0.25, 0.3) is 27.7 Å². The fraction of sp³-hybridized carbons (Fsp3) is 0.364. The molecule has 1 saturated carbocycles. The number of aryl methyl sites for hydroxylation is 3. The number of anilines is 1. The van der Waals surface area contributed by atoms with Crippen molar-refractivity contribution in [1.82, 2.24) is 34.3 Å². The van der Waals surface area contributed by atoms with E-state index in [1.54, 1.807) is 22.5 Å². The Hall–Kier alpha value is -5.14. The molecule has 0 radical (unpaired) electrons. The van der Waals surface area contributed by atoms with E-state index in [2.05, 4.69) is 25.5 Å². The lowest BCUT2D eigenvalue weighted by Crippen LogP contribution is -2.52. The Morgan fingerprint density at radius 1 is 1.00 bits per heavy atom. The predicted octanol–water partition coefficient (Wildman–Crippen LogP) is 5.31. The second kappa shape index (κ2) is 11.0. The van der Waals surface area contributed by atoms with Crippen molar-refractivity contribution in [1.29, 1.82) is 0 Å². The smallest absolute Gasteiger partial charge is 0.326 e. The van der Waals surface area contributed by atoms with Gasteiger partial charge < -0.3 is 10.2 Å². The maximum absolute atomic E-state index is 14.0. The van der Waals surface area contributed by atoms with E-state index in [9.17, 15) is 27.6 Å². The molecule has 5 heterocycles. The Kier molecular flexibility index (Phi) is 7.13. The van der Waals surface area contributed by atoms with Crippen LogP contribution in [0.2, 0.25) is 0 Å². The molecule has 7 rings (SSSR count). The number of likely N-dealkylation sites (tertiary alicyclic amines) is 1. The van der Waals surface area contributed by atoms with Gasteiger partial charge in [0.1, 0.15) is 29.8 Å². The van der Waals surface area contributed by atoms with E-state index in [0.717, 1.165) is 41.3 Å². The first-order valence-corrected chi connectivity index (χ1v) is 15.3. The number of nitrogens with one attached hydrogen (secondary N) is 1. The quantitative estimate of drug-likeness (QED) is 0.249. The van der Waals surface area contributed by atoms with E-state index in [4.69, 9.17) is 0 Å². The van der Waals surface area contributed by atoms with E-state index in [0.29, 0.717) is 28.5 Å². The number of benzene rings is 1. The normalized spacial score (nSPS) is 19.2. The first-order valence-electron chi connectivity index (χ1n) is 15.3. The van der Waals surface area contributed by atoms with Gasteiger partial charge >= 0.3 is 6.18 Å². The maximum Gasteiger partial charge on any atom is 0.433 e. The van der Waals surface area contributed by atoms with Crippen molar-refractivity contribution >= 4 is 40.0 Å². The molecule has 1 aromatic carbocycles. The topological polar surface area (TPSA) is 127 Å². The highest BCUT2D eigenvalue weighted by molar-refractivity contribution is 6.07. The van der Waals surface area contributed by atoms with Crippen LogP contribution >= 0.6 is 0 Å². The molecule has 47 heavy (non-hydrogen) atoms. The number of nitrogens with zero attached hydrogens (tertiary/aromatic N) is 7. The highest BCUT2D eigenvalue weighted by Gasteiger charge is 2.51. The number of aromatic nitrogens is 6. The molecule has 14 heteroatoms. The molecule has 2 amide bonds. The lowest BCUT2D eigenvalue weighted by molar-refractivity contribution is -0.141. The molecule has 0 unspecified atom stereocenters. The number of Topliss-reactive ketones (excluding diaryl/α,β-unsaturated/α-hetero) is 1. The van der Waals surface area contributed by atoms with Gasteiger partial charge in [0, 0.05) is 42.4 Å². The van der Waals surface area contributed by atoms with E-state index < -0.39 is 23.8 Å². The zero-order valence-corrected chi connectivity index (χ0v) is 26.1. The monoisotopic (exact) mass is 644 g/mol. The largest absolute Gasteiger partial charge is 0.433 e. The molecular weight excluding hydrogens is 613 g/mol. The van der Waals surface area contributed by atoms with Gasteiger partial charge in [0.15, 0.2) is 11.4 Å². The van der Waals surface area contributed by atoms with Gasteiger partial charge in [-0.25, -0.2) is 14.5 Å². The third kappa shape index (κ3) is 5.30. The fourth-order valence-corrected chi connectivity index (χ4v) is 7.11. The zero-order valence-electron chi connectivity index (χ0n) is 26.1. The van der Waals surface area contributed by atoms with Crippen LogP contribution < -0.4 is 5.32 Å². The highest BCUT2D eigenvalue weighted by atomic mass is 19.4. The van der Waals surface area contributed by atoms with Gasteiger partial charge in [0.25, 0.3) is 0 Å². The van der Waals surface area contributed by atoms with Gasteiger partial charge in [0.2, 0.25) is 11.8 Å². The summed E-state index contributed by atoms with van der Waals surface area (Å²) in [6, 6.07) is 6.73. The average Bonchev–Trinajstić information content (AvgIpc) is 3.79. The van der Waals surface area contributed by atoms with Crippen LogP contribution in [0.1, 0.15) is 59.2 Å². The van der Waals surface area contributed by atoms with Crippen molar-refractivity contribution < 1.29 is 27.6 Å². The molecule has 4 aromatic heterocycles. The molecule has 3 atom stereocenters. The van der Waals surface area contributed by atoms with Crippen LogP contribution in [-0.4, -0.2) is 63.9 Å². The number of ketones is 1. The second-order valence-electron chi connectivity index (χ2n) is 12.5. The molecule has 2 aliphatic rings. The minimum atomic E-state index is -4.67. The van der Waals surface area contributed by atoms with Crippen LogP contribution in [0.4, 0.5) is 19.0 Å². The van der Waals surface area contributed by atoms with Gasteiger partial charge in [-0.15, -0.1) is 0 Å². The van der Waals surface area contributed by atoms with Gasteiger partial charge in [-0.2, -0.15) is 23.4 Å². The number of hydrogen-bond acceptors (Lipinski definition) is 7. The SMILES string of the molecule is CC(=O)c1nn(CC(=O)N2[C@H]3CC[C@H](C3)[C@H]2C(=O)Nc2nc(C(F)(F)F)ccc2C)c2c(C)cc(-c3cnc4cc(C)nn4c3)cc12. The van der Waals surface area contributed by atoms with Gasteiger partial charge in [-0.05, 0) is 80.8 Å². The summed E-state index contributed by atoms with van der Waals surface area (Å²) in [6.07, 6.45) is 0.990. The van der Waals surface area contributed by atoms with Crippen molar-refractivity contribution in [3.05, 3.63) is 70.9 Å². The summed E-state index contributed by atoms with van der Waals surface area (Å²) >= 11 is 0. The third-order valence-corrected chi connectivity index (χ3v) is 9.19. The van der Waals surface area contributed by atoms with Gasteiger partial charge in [-0.3, -0.25) is 19.1 Å². The van der Waals surface area contributed by atoms with Gasteiger partial charge in [-0.1, -0.05) is 6.07 Å². The Morgan fingerprint density at radius 2 is 1.79 bits per heavy atom. The Morgan fingerprint density at radius 3 is 2.53 bits per heavy atom. The molecule has 2 fully saturated rings. The average molecular weight is 645 g/mol. The highest BCUT2D eigenvalue weighted by Crippen LogP contribution is 2.43. The number of carbonyl (C=O) groups is 3. The van der Waals surface area contributed by atoms with Gasteiger partial charge in [0.05, 0.1) is 11.2 Å². The zero-order chi connectivity index (χ0) is 33.4. The number of rotatable bonds is 6. The number of fused-ring (bicyclic) bond motifs is 4. The number of piperidine rings is 1. The molecule has 1 N–H and O–H groups in total. The molecule has 1 saturated heterocycles. The summed E-state index contributed by atoms with van der Waals surface area (Å²) in [6.45, 7) is 6.51. The number of alkyl halides is 3. The number of hydrogen-bond donors (Lipinski definition) is 1. The van der Waals surface area contributed by atoms with E-state index in [-0.39, 0.29) is 41.7 Å². The Bertz CT molecular complexity index is 2120. The van der Waals surface area contributed by atoms with Crippen LogP contribution in [-0.2, 0) is 22.3 Å². The molecule has 1 aliphatic heterocycles. The number of pyridine rings is 1. The van der Waals surface area contributed by atoms with Crippen molar-refractivity contribution in [2.45, 2.75) is 71.8 Å². The summed E-state index contributed by atoms with van der Waals surface area (Å²) in [5.74, 6) is -1.53.